The molecule has 0 fully saturated rings. The molecule has 2 rings (SSSR count). The van der Waals surface area contributed by atoms with Crippen LogP contribution in [0.3, 0.4) is 0 Å². The number of carbonyl (C=O) groups is 1. The first-order valence-electron chi connectivity index (χ1n) is 4.93. The van der Waals surface area contributed by atoms with Crippen molar-refractivity contribution in [2.45, 2.75) is 13.8 Å². The zero-order valence-electron chi connectivity index (χ0n) is 9.40. The van der Waals surface area contributed by atoms with E-state index in [1.807, 2.05) is 19.9 Å². The van der Waals surface area contributed by atoms with Crippen LogP contribution in [0.25, 0.3) is 11.3 Å². The molecular weight excluding hydrogens is 206 g/mol. The average Bonchev–Trinajstić information content (AvgIpc) is 2.69. The summed E-state index contributed by atoms with van der Waals surface area (Å²) >= 11 is 0. The van der Waals surface area contributed by atoms with Crippen LogP contribution in [0.1, 0.15) is 21.9 Å². The third kappa shape index (κ3) is 1.60. The van der Waals surface area contributed by atoms with Crippen molar-refractivity contribution < 1.29 is 9.90 Å². The van der Waals surface area contributed by atoms with Gasteiger partial charge in [-0.1, -0.05) is 0 Å². The molecule has 0 saturated carbocycles. The van der Waals surface area contributed by atoms with Gasteiger partial charge in [-0.2, -0.15) is 5.10 Å². The number of rotatable bonds is 2. The van der Waals surface area contributed by atoms with Crippen LogP contribution < -0.4 is 0 Å². The summed E-state index contributed by atoms with van der Waals surface area (Å²) in [6, 6.07) is 3.54. The zero-order valence-corrected chi connectivity index (χ0v) is 9.40. The quantitative estimate of drug-likeness (QED) is 0.808. The van der Waals surface area contributed by atoms with Crippen LogP contribution in [-0.2, 0) is 7.05 Å². The smallest absolute Gasteiger partial charge is 0.354 e. The van der Waals surface area contributed by atoms with Gasteiger partial charge in [-0.15, -0.1) is 0 Å². The summed E-state index contributed by atoms with van der Waals surface area (Å²) in [7, 11) is 1.63. The van der Waals surface area contributed by atoms with E-state index in [9.17, 15) is 4.79 Å². The fourth-order valence-corrected chi connectivity index (χ4v) is 1.79. The van der Waals surface area contributed by atoms with E-state index < -0.39 is 5.97 Å². The van der Waals surface area contributed by atoms with Crippen molar-refractivity contribution in [3.63, 3.8) is 0 Å². The maximum Gasteiger partial charge on any atom is 0.354 e. The number of nitrogens with one attached hydrogen (secondary N) is 1. The lowest BCUT2D eigenvalue weighted by Crippen LogP contribution is -2.04. The number of carboxylic acids is 1. The summed E-state index contributed by atoms with van der Waals surface area (Å²) in [5.74, 6) is -0.967. The standard InChI is InChI=1S/C11H13N3O2/c1-6-4-8(7(2)12-6)9-5-10(11(15)16)14(3)13-9/h4-5,12H,1-3H3,(H,15,16). The molecule has 0 aliphatic carbocycles. The number of aromatic nitrogens is 3. The van der Waals surface area contributed by atoms with E-state index in [0.29, 0.717) is 5.69 Å². The van der Waals surface area contributed by atoms with Gasteiger partial charge >= 0.3 is 5.97 Å². The average molecular weight is 219 g/mol. The Morgan fingerprint density at radius 1 is 1.44 bits per heavy atom. The van der Waals surface area contributed by atoms with Gasteiger partial charge in [-0.05, 0) is 26.0 Å². The summed E-state index contributed by atoms with van der Waals surface area (Å²) in [6.07, 6.45) is 0. The molecule has 0 atom stereocenters. The molecule has 2 N–H and O–H groups in total. The Hall–Kier alpha value is -2.04. The first kappa shape index (κ1) is 10.5. The monoisotopic (exact) mass is 219 g/mol. The van der Waals surface area contributed by atoms with Gasteiger partial charge in [0.05, 0.1) is 5.69 Å². The number of aromatic carboxylic acids is 1. The van der Waals surface area contributed by atoms with E-state index in [-0.39, 0.29) is 5.69 Å². The highest BCUT2D eigenvalue weighted by molar-refractivity contribution is 5.87. The lowest BCUT2D eigenvalue weighted by molar-refractivity contribution is 0.0685. The van der Waals surface area contributed by atoms with Crippen molar-refractivity contribution in [3.8, 4) is 11.3 Å². The Kier molecular flexibility index (Phi) is 2.30. The summed E-state index contributed by atoms with van der Waals surface area (Å²) < 4.78 is 1.37. The van der Waals surface area contributed by atoms with E-state index in [1.54, 1.807) is 13.1 Å². The molecule has 0 aliphatic heterocycles. The number of aromatic amines is 1. The molecule has 0 unspecified atom stereocenters. The van der Waals surface area contributed by atoms with Crippen molar-refractivity contribution in [2.24, 2.45) is 7.05 Å². The molecule has 0 aliphatic rings. The van der Waals surface area contributed by atoms with Crippen LogP contribution >= 0.6 is 0 Å². The lowest BCUT2D eigenvalue weighted by atomic mass is 10.2. The number of hydrogen-bond acceptors (Lipinski definition) is 2. The summed E-state index contributed by atoms with van der Waals surface area (Å²) in [4.78, 5) is 14.1. The molecular formula is C11H13N3O2. The molecule has 0 amide bonds. The fourth-order valence-electron chi connectivity index (χ4n) is 1.79. The Morgan fingerprint density at radius 3 is 2.56 bits per heavy atom. The van der Waals surface area contributed by atoms with Crippen LogP contribution in [0.5, 0.6) is 0 Å². The van der Waals surface area contributed by atoms with E-state index in [0.717, 1.165) is 17.0 Å². The van der Waals surface area contributed by atoms with Gasteiger partial charge in [0.1, 0.15) is 5.69 Å². The Balaban J connectivity index is 2.53. The first-order chi connectivity index (χ1) is 7.49. The third-order valence-corrected chi connectivity index (χ3v) is 2.52. The second kappa shape index (κ2) is 3.52. The highest BCUT2D eigenvalue weighted by atomic mass is 16.4. The van der Waals surface area contributed by atoms with Crippen LogP contribution in [0.4, 0.5) is 0 Å². The minimum absolute atomic E-state index is 0.188. The van der Waals surface area contributed by atoms with Gasteiger partial charge in [-0.3, -0.25) is 4.68 Å². The van der Waals surface area contributed by atoms with Gasteiger partial charge < -0.3 is 10.1 Å². The normalized spacial score (nSPS) is 10.7. The minimum Gasteiger partial charge on any atom is -0.477 e. The van der Waals surface area contributed by atoms with Crippen molar-refractivity contribution in [1.82, 2.24) is 14.8 Å². The van der Waals surface area contributed by atoms with E-state index in [1.165, 1.54) is 4.68 Å². The van der Waals surface area contributed by atoms with E-state index in [2.05, 4.69) is 10.1 Å². The van der Waals surface area contributed by atoms with Gasteiger partial charge in [0.25, 0.3) is 0 Å². The predicted octanol–water partition coefficient (Wildman–Crippen LogP) is 1.73. The molecule has 0 radical (unpaired) electrons. The molecule has 5 nitrogen and oxygen atoms in total. The third-order valence-electron chi connectivity index (χ3n) is 2.52. The summed E-state index contributed by atoms with van der Waals surface area (Å²) in [5, 5.41) is 13.1. The molecule has 0 bridgehead atoms. The Bertz CT molecular complexity index is 552. The Morgan fingerprint density at radius 2 is 2.12 bits per heavy atom. The number of hydrogen-bond donors (Lipinski definition) is 2. The molecule has 0 aromatic carbocycles. The molecule has 0 spiro atoms. The molecule has 5 heteroatoms. The fraction of sp³-hybridized carbons (Fsp3) is 0.273. The Labute approximate surface area is 92.7 Å². The predicted molar refractivity (Wildman–Crippen MR) is 59.4 cm³/mol. The SMILES string of the molecule is Cc1cc(-c2cc(C(=O)O)n(C)n2)c(C)[nH]1. The van der Waals surface area contributed by atoms with Crippen LogP contribution in [0.2, 0.25) is 0 Å². The number of carboxylic acid groups (broad SMARTS) is 1. The summed E-state index contributed by atoms with van der Waals surface area (Å²) in [6.45, 7) is 3.90. The van der Waals surface area contributed by atoms with Crippen LogP contribution in [0, 0.1) is 13.8 Å². The van der Waals surface area contributed by atoms with Crippen molar-refractivity contribution in [1.29, 1.82) is 0 Å². The molecule has 2 aromatic heterocycles. The number of H-pyrrole nitrogens is 1. The maximum absolute atomic E-state index is 10.9. The molecule has 16 heavy (non-hydrogen) atoms. The minimum atomic E-state index is -0.967. The zero-order chi connectivity index (χ0) is 11.9. The lowest BCUT2D eigenvalue weighted by Gasteiger charge is -1.93. The van der Waals surface area contributed by atoms with Crippen molar-refractivity contribution >= 4 is 5.97 Å². The van der Waals surface area contributed by atoms with Gasteiger partial charge in [0.15, 0.2) is 0 Å². The highest BCUT2D eigenvalue weighted by Gasteiger charge is 2.14. The van der Waals surface area contributed by atoms with Crippen molar-refractivity contribution in [3.05, 3.63) is 29.2 Å². The topological polar surface area (TPSA) is 70.9 Å². The van der Waals surface area contributed by atoms with Gasteiger partial charge in [0, 0.05) is 24.0 Å². The van der Waals surface area contributed by atoms with Crippen LogP contribution in [-0.4, -0.2) is 25.8 Å². The first-order valence-corrected chi connectivity index (χ1v) is 4.93. The highest BCUT2D eigenvalue weighted by Crippen LogP contribution is 2.23. The van der Waals surface area contributed by atoms with Gasteiger partial charge in [0.2, 0.25) is 0 Å². The van der Waals surface area contributed by atoms with Crippen molar-refractivity contribution in [2.75, 3.05) is 0 Å². The second-order valence-electron chi connectivity index (χ2n) is 3.83. The van der Waals surface area contributed by atoms with E-state index in [4.69, 9.17) is 5.11 Å². The second-order valence-corrected chi connectivity index (χ2v) is 3.83. The number of nitrogens with zero attached hydrogens (tertiary/aromatic N) is 2. The maximum atomic E-state index is 10.9. The molecule has 2 aromatic rings. The molecule has 2 heterocycles. The largest absolute Gasteiger partial charge is 0.477 e. The van der Waals surface area contributed by atoms with Crippen LogP contribution in [0.15, 0.2) is 12.1 Å². The number of aryl methyl sites for hydroxylation is 3. The molecule has 0 saturated heterocycles. The van der Waals surface area contributed by atoms with Gasteiger partial charge in [-0.25, -0.2) is 4.79 Å². The molecule has 84 valence electrons. The summed E-state index contributed by atoms with van der Waals surface area (Å²) in [5.41, 5.74) is 3.85. The van der Waals surface area contributed by atoms with E-state index >= 15 is 0 Å².